The Balaban J connectivity index is 2.97. The van der Waals surface area contributed by atoms with Crippen LogP contribution < -0.4 is 5.32 Å². The predicted molar refractivity (Wildman–Crippen MR) is 73.6 cm³/mol. The highest BCUT2D eigenvalue weighted by molar-refractivity contribution is 7.91. The molecule has 0 heterocycles. The van der Waals surface area contributed by atoms with Gasteiger partial charge in [0.15, 0.2) is 9.84 Å². The van der Waals surface area contributed by atoms with Crippen LogP contribution in [0.3, 0.4) is 0 Å². The quantitative estimate of drug-likeness (QED) is 0.831. The maximum absolute atomic E-state index is 11.9. The van der Waals surface area contributed by atoms with Crippen LogP contribution in [0.1, 0.15) is 27.2 Å². The van der Waals surface area contributed by atoms with Crippen LogP contribution in [0.4, 0.5) is 5.69 Å². The summed E-state index contributed by atoms with van der Waals surface area (Å²) in [4.78, 5) is 0.324. The van der Waals surface area contributed by atoms with Crippen LogP contribution in [0.25, 0.3) is 0 Å². The van der Waals surface area contributed by atoms with Crippen molar-refractivity contribution < 1.29 is 13.5 Å². The molecule has 0 aliphatic heterocycles. The standard InChI is InChI=1S/C13H21NO3S/c1-4-18(16,17)13-8-6-5-7-12(13)14-10(2)9-11(3)15/h5-8,10-11,14-15H,4,9H2,1-3H3. The third-order valence-corrected chi connectivity index (χ3v) is 4.48. The monoisotopic (exact) mass is 271 g/mol. The van der Waals surface area contributed by atoms with Gasteiger partial charge in [-0.3, -0.25) is 0 Å². The van der Waals surface area contributed by atoms with Crippen LogP contribution in [-0.2, 0) is 9.84 Å². The number of anilines is 1. The van der Waals surface area contributed by atoms with E-state index >= 15 is 0 Å². The fourth-order valence-corrected chi connectivity index (χ4v) is 2.91. The second-order valence-electron chi connectivity index (χ2n) is 4.53. The lowest BCUT2D eigenvalue weighted by molar-refractivity contribution is 0.179. The number of hydrogen-bond donors (Lipinski definition) is 2. The van der Waals surface area contributed by atoms with Gasteiger partial charge in [-0.1, -0.05) is 19.1 Å². The van der Waals surface area contributed by atoms with Crippen molar-refractivity contribution in [2.45, 2.75) is 44.2 Å². The SMILES string of the molecule is CCS(=O)(=O)c1ccccc1NC(C)CC(C)O. The Morgan fingerprint density at radius 2 is 1.89 bits per heavy atom. The Bertz CT molecular complexity index is 483. The zero-order valence-corrected chi connectivity index (χ0v) is 11.9. The molecule has 1 rings (SSSR count). The molecule has 2 unspecified atom stereocenters. The van der Waals surface area contributed by atoms with Gasteiger partial charge in [0.2, 0.25) is 0 Å². The third kappa shape index (κ3) is 3.99. The van der Waals surface area contributed by atoms with Gasteiger partial charge in [-0.15, -0.1) is 0 Å². The molecule has 18 heavy (non-hydrogen) atoms. The molecule has 0 aliphatic rings. The molecule has 0 spiro atoms. The van der Waals surface area contributed by atoms with Gasteiger partial charge >= 0.3 is 0 Å². The van der Waals surface area contributed by atoms with Crippen molar-refractivity contribution in [1.29, 1.82) is 0 Å². The van der Waals surface area contributed by atoms with E-state index in [0.29, 0.717) is 17.0 Å². The van der Waals surface area contributed by atoms with E-state index in [4.69, 9.17) is 0 Å². The van der Waals surface area contributed by atoms with E-state index in [0.717, 1.165) is 0 Å². The number of hydrogen-bond acceptors (Lipinski definition) is 4. The lowest BCUT2D eigenvalue weighted by Gasteiger charge is -2.19. The van der Waals surface area contributed by atoms with Crippen molar-refractivity contribution in [3.05, 3.63) is 24.3 Å². The molecule has 2 N–H and O–H groups in total. The average Bonchev–Trinajstić information content (AvgIpc) is 2.28. The molecule has 0 aromatic heterocycles. The summed E-state index contributed by atoms with van der Waals surface area (Å²) in [6, 6.07) is 6.88. The van der Waals surface area contributed by atoms with Crippen molar-refractivity contribution >= 4 is 15.5 Å². The maximum atomic E-state index is 11.9. The van der Waals surface area contributed by atoms with Gasteiger partial charge in [-0.2, -0.15) is 0 Å². The molecule has 2 atom stereocenters. The summed E-state index contributed by atoms with van der Waals surface area (Å²) in [7, 11) is -3.23. The predicted octanol–water partition coefficient (Wildman–Crippen LogP) is 2.05. The lowest BCUT2D eigenvalue weighted by Crippen LogP contribution is -2.22. The van der Waals surface area contributed by atoms with E-state index in [1.165, 1.54) is 0 Å². The van der Waals surface area contributed by atoms with Crippen LogP contribution in [0, 0.1) is 0 Å². The molecule has 1 aromatic rings. The molecule has 0 aliphatic carbocycles. The first-order valence-corrected chi connectivity index (χ1v) is 7.78. The lowest BCUT2D eigenvalue weighted by atomic mass is 10.1. The van der Waals surface area contributed by atoms with Gasteiger partial charge in [0, 0.05) is 6.04 Å². The number of rotatable bonds is 6. The van der Waals surface area contributed by atoms with E-state index in [2.05, 4.69) is 5.32 Å². The second kappa shape index (κ2) is 6.20. The molecule has 0 bridgehead atoms. The molecule has 0 amide bonds. The van der Waals surface area contributed by atoms with Crippen molar-refractivity contribution in [3.8, 4) is 0 Å². The Morgan fingerprint density at radius 3 is 2.44 bits per heavy atom. The van der Waals surface area contributed by atoms with E-state index in [9.17, 15) is 13.5 Å². The summed E-state index contributed by atoms with van der Waals surface area (Å²) in [6.07, 6.45) is 0.156. The first-order chi connectivity index (χ1) is 8.36. The molecule has 102 valence electrons. The highest BCUT2D eigenvalue weighted by atomic mass is 32.2. The summed E-state index contributed by atoms with van der Waals surface area (Å²) in [5.41, 5.74) is 0.604. The van der Waals surface area contributed by atoms with Crippen molar-refractivity contribution in [2.75, 3.05) is 11.1 Å². The van der Waals surface area contributed by atoms with Crippen LogP contribution >= 0.6 is 0 Å². The molecular formula is C13H21NO3S. The van der Waals surface area contributed by atoms with Gasteiger partial charge < -0.3 is 10.4 Å². The number of nitrogens with one attached hydrogen (secondary N) is 1. The van der Waals surface area contributed by atoms with Gasteiger partial charge in [0.25, 0.3) is 0 Å². The summed E-state index contributed by atoms with van der Waals surface area (Å²) < 4.78 is 23.9. The van der Waals surface area contributed by atoms with E-state index in [1.54, 1.807) is 38.1 Å². The normalized spacial score (nSPS) is 15.1. The van der Waals surface area contributed by atoms with Crippen LogP contribution in [0.2, 0.25) is 0 Å². The van der Waals surface area contributed by atoms with Crippen LogP contribution in [0.15, 0.2) is 29.2 Å². The second-order valence-corrected chi connectivity index (χ2v) is 6.78. The Hall–Kier alpha value is -1.07. The highest BCUT2D eigenvalue weighted by Gasteiger charge is 2.17. The average molecular weight is 271 g/mol. The Morgan fingerprint density at radius 1 is 1.28 bits per heavy atom. The number of para-hydroxylation sites is 1. The Labute approximate surface area is 109 Å². The van der Waals surface area contributed by atoms with E-state index in [-0.39, 0.29) is 11.8 Å². The zero-order chi connectivity index (χ0) is 13.8. The number of sulfone groups is 1. The van der Waals surface area contributed by atoms with Crippen molar-refractivity contribution in [1.82, 2.24) is 0 Å². The molecule has 4 nitrogen and oxygen atoms in total. The first kappa shape index (κ1) is 15.0. The zero-order valence-electron chi connectivity index (χ0n) is 11.1. The van der Waals surface area contributed by atoms with Crippen LogP contribution in [0.5, 0.6) is 0 Å². The molecule has 1 aromatic carbocycles. The van der Waals surface area contributed by atoms with E-state index in [1.807, 2.05) is 6.92 Å². The van der Waals surface area contributed by atoms with Crippen LogP contribution in [-0.4, -0.2) is 31.4 Å². The number of aliphatic hydroxyl groups is 1. The Kier molecular flexibility index (Phi) is 5.16. The van der Waals surface area contributed by atoms with Crippen molar-refractivity contribution in [2.24, 2.45) is 0 Å². The fourth-order valence-electron chi connectivity index (χ4n) is 1.85. The topological polar surface area (TPSA) is 66.4 Å². The molecule has 5 heteroatoms. The molecule has 0 fully saturated rings. The summed E-state index contributed by atoms with van der Waals surface area (Å²) in [6.45, 7) is 5.26. The minimum atomic E-state index is -3.23. The van der Waals surface area contributed by atoms with E-state index < -0.39 is 15.9 Å². The maximum Gasteiger partial charge on any atom is 0.180 e. The fraction of sp³-hybridized carbons (Fsp3) is 0.538. The first-order valence-electron chi connectivity index (χ1n) is 6.13. The number of benzene rings is 1. The summed E-state index contributed by atoms with van der Waals surface area (Å²) in [5, 5.41) is 12.5. The largest absolute Gasteiger partial charge is 0.393 e. The molecule has 0 saturated heterocycles. The molecular weight excluding hydrogens is 250 g/mol. The number of aliphatic hydroxyl groups excluding tert-OH is 1. The smallest absolute Gasteiger partial charge is 0.180 e. The molecule has 0 saturated carbocycles. The summed E-state index contributed by atoms with van der Waals surface area (Å²) >= 11 is 0. The van der Waals surface area contributed by atoms with Gasteiger partial charge in [0.05, 0.1) is 22.4 Å². The van der Waals surface area contributed by atoms with Gasteiger partial charge in [-0.25, -0.2) is 8.42 Å². The van der Waals surface area contributed by atoms with Gasteiger partial charge in [0.1, 0.15) is 0 Å². The van der Waals surface area contributed by atoms with Gasteiger partial charge in [-0.05, 0) is 32.4 Å². The minimum Gasteiger partial charge on any atom is -0.393 e. The molecule has 0 radical (unpaired) electrons. The minimum absolute atomic E-state index is 0.0122. The summed E-state index contributed by atoms with van der Waals surface area (Å²) in [5.74, 6) is 0.0798. The van der Waals surface area contributed by atoms with Crippen molar-refractivity contribution in [3.63, 3.8) is 0 Å². The third-order valence-electron chi connectivity index (χ3n) is 2.70. The highest BCUT2D eigenvalue weighted by Crippen LogP contribution is 2.23.